The van der Waals surface area contributed by atoms with E-state index < -0.39 is 6.04 Å². The number of carbonyl (C=O) groups is 1. The predicted octanol–water partition coefficient (Wildman–Crippen LogP) is 1.81. The number of para-hydroxylation sites is 1. The molecule has 0 aliphatic carbocycles. The quantitative estimate of drug-likeness (QED) is 0.645. The number of carbonyl (C=O) groups excluding carboxylic acids is 1. The molecule has 6 nitrogen and oxygen atoms in total. The average Bonchev–Trinajstić information content (AvgIpc) is 2.53. The van der Waals surface area contributed by atoms with Crippen molar-refractivity contribution in [3.63, 3.8) is 0 Å². The summed E-state index contributed by atoms with van der Waals surface area (Å²) >= 11 is 5.24. The van der Waals surface area contributed by atoms with E-state index in [1.54, 1.807) is 13.8 Å². The first-order valence-corrected chi connectivity index (χ1v) is 7.86. The molecule has 2 aliphatic heterocycles. The van der Waals surface area contributed by atoms with Gasteiger partial charge >= 0.3 is 5.97 Å². The number of esters is 1. The van der Waals surface area contributed by atoms with E-state index in [9.17, 15) is 4.79 Å². The normalized spacial score (nSPS) is 19.7. The lowest BCUT2D eigenvalue weighted by Crippen LogP contribution is -2.45. The van der Waals surface area contributed by atoms with Crippen LogP contribution in [0.15, 0.2) is 29.5 Å². The van der Waals surface area contributed by atoms with Crippen molar-refractivity contribution in [1.29, 1.82) is 0 Å². The van der Waals surface area contributed by atoms with Gasteiger partial charge in [0.05, 0.1) is 18.2 Å². The number of rotatable bonds is 3. The lowest BCUT2D eigenvalue weighted by molar-refractivity contribution is -0.139. The molecule has 0 saturated carbocycles. The van der Waals surface area contributed by atoms with Crippen LogP contribution in [-0.2, 0) is 9.53 Å². The number of nitrogens with one attached hydrogen (secondary N) is 2. The summed E-state index contributed by atoms with van der Waals surface area (Å²) in [7, 11) is 0. The van der Waals surface area contributed by atoms with Crippen LogP contribution >= 0.6 is 12.2 Å². The van der Waals surface area contributed by atoms with Crippen molar-refractivity contribution in [2.24, 2.45) is 0 Å². The van der Waals surface area contributed by atoms with E-state index in [1.807, 2.05) is 18.2 Å². The molecule has 2 N–H and O–H groups in total. The summed E-state index contributed by atoms with van der Waals surface area (Å²) in [6.45, 7) is 4.86. The van der Waals surface area contributed by atoms with Crippen molar-refractivity contribution in [3.05, 3.63) is 35.0 Å². The molecule has 1 atom stereocenters. The summed E-state index contributed by atoms with van der Waals surface area (Å²) < 4.78 is 16.6. The lowest BCUT2D eigenvalue weighted by Gasteiger charge is -2.32. The van der Waals surface area contributed by atoms with E-state index in [-0.39, 0.29) is 5.97 Å². The molecule has 122 valence electrons. The van der Waals surface area contributed by atoms with E-state index in [1.165, 1.54) is 0 Å². The van der Waals surface area contributed by atoms with Crippen LogP contribution in [-0.4, -0.2) is 30.9 Å². The fraction of sp³-hybridized carbons (Fsp3) is 0.375. The first-order chi connectivity index (χ1) is 11.1. The summed E-state index contributed by atoms with van der Waals surface area (Å²) in [4.78, 5) is 12.4. The zero-order chi connectivity index (χ0) is 16.4. The SMILES string of the molecule is CCOC(=O)C1=C(C)NC(=S)N[C@H]1c1cccc2c1OCCO2. The monoisotopic (exact) mass is 334 g/mol. The smallest absolute Gasteiger partial charge is 0.338 e. The summed E-state index contributed by atoms with van der Waals surface area (Å²) in [5.41, 5.74) is 1.96. The van der Waals surface area contributed by atoms with Crippen molar-refractivity contribution in [3.8, 4) is 11.5 Å². The average molecular weight is 334 g/mol. The molecule has 0 radical (unpaired) electrons. The molecule has 0 unspecified atom stereocenters. The van der Waals surface area contributed by atoms with Crippen molar-refractivity contribution < 1.29 is 19.0 Å². The van der Waals surface area contributed by atoms with Gasteiger partial charge in [0, 0.05) is 11.3 Å². The van der Waals surface area contributed by atoms with Gasteiger partial charge < -0.3 is 24.8 Å². The van der Waals surface area contributed by atoms with E-state index in [2.05, 4.69) is 10.6 Å². The molecule has 0 saturated heterocycles. The number of hydrogen-bond donors (Lipinski definition) is 2. The topological polar surface area (TPSA) is 68.8 Å². The number of hydrogen-bond acceptors (Lipinski definition) is 5. The van der Waals surface area contributed by atoms with Gasteiger partial charge in [0.1, 0.15) is 13.2 Å². The maximum atomic E-state index is 12.4. The Morgan fingerprint density at radius 1 is 1.39 bits per heavy atom. The van der Waals surface area contributed by atoms with Gasteiger partial charge in [-0.3, -0.25) is 0 Å². The Bertz CT molecular complexity index is 687. The molecule has 3 rings (SSSR count). The van der Waals surface area contributed by atoms with Crippen LogP contribution < -0.4 is 20.1 Å². The minimum atomic E-state index is -0.445. The van der Waals surface area contributed by atoms with Crippen LogP contribution in [0.25, 0.3) is 0 Å². The third kappa shape index (κ3) is 2.96. The molecule has 23 heavy (non-hydrogen) atoms. The van der Waals surface area contributed by atoms with Gasteiger partial charge in [0.15, 0.2) is 16.6 Å². The van der Waals surface area contributed by atoms with Crippen molar-refractivity contribution >= 4 is 23.3 Å². The molecular formula is C16H18N2O4S. The molecule has 0 fully saturated rings. The molecule has 1 aromatic carbocycles. The van der Waals surface area contributed by atoms with Crippen LogP contribution in [0.1, 0.15) is 25.5 Å². The zero-order valence-corrected chi connectivity index (χ0v) is 13.8. The van der Waals surface area contributed by atoms with Crippen LogP contribution in [0.4, 0.5) is 0 Å². The van der Waals surface area contributed by atoms with E-state index >= 15 is 0 Å². The van der Waals surface area contributed by atoms with Gasteiger partial charge in [0.2, 0.25) is 0 Å². The Morgan fingerprint density at radius 2 is 2.17 bits per heavy atom. The first-order valence-electron chi connectivity index (χ1n) is 7.45. The molecular weight excluding hydrogens is 316 g/mol. The Balaban J connectivity index is 2.07. The van der Waals surface area contributed by atoms with Crippen LogP contribution in [0.3, 0.4) is 0 Å². The predicted molar refractivity (Wildman–Crippen MR) is 88.4 cm³/mol. The van der Waals surface area contributed by atoms with E-state index in [0.29, 0.717) is 47.7 Å². The number of benzene rings is 1. The number of ether oxygens (including phenoxy) is 3. The third-order valence-corrected chi connectivity index (χ3v) is 3.89. The van der Waals surface area contributed by atoms with Crippen molar-refractivity contribution in [2.45, 2.75) is 19.9 Å². The first kappa shape index (κ1) is 15.6. The minimum absolute atomic E-state index is 0.305. The molecule has 0 bridgehead atoms. The Morgan fingerprint density at radius 3 is 2.96 bits per heavy atom. The Kier molecular flexibility index (Phi) is 4.38. The summed E-state index contributed by atoms with van der Waals surface area (Å²) in [5.74, 6) is 0.920. The fourth-order valence-electron chi connectivity index (χ4n) is 2.73. The fourth-order valence-corrected chi connectivity index (χ4v) is 3.00. The highest BCUT2D eigenvalue weighted by Crippen LogP contribution is 2.40. The lowest BCUT2D eigenvalue weighted by atomic mass is 9.94. The standard InChI is InChI=1S/C16H18N2O4S/c1-3-20-15(19)12-9(2)17-16(23)18-13(12)10-5-4-6-11-14(10)22-8-7-21-11/h4-6,13H,3,7-8H2,1-2H3,(H2,17,18,23)/t13-/m0/s1. The van der Waals surface area contributed by atoms with E-state index in [0.717, 1.165) is 5.56 Å². The van der Waals surface area contributed by atoms with Gasteiger partial charge in [-0.2, -0.15) is 0 Å². The number of allylic oxidation sites excluding steroid dienone is 1. The highest BCUT2D eigenvalue weighted by atomic mass is 32.1. The van der Waals surface area contributed by atoms with Crippen LogP contribution in [0.2, 0.25) is 0 Å². The molecule has 0 amide bonds. The summed E-state index contributed by atoms with van der Waals surface area (Å²) in [5, 5.41) is 6.56. The van der Waals surface area contributed by atoms with Gasteiger partial charge in [-0.05, 0) is 32.1 Å². The molecule has 0 aromatic heterocycles. The Hall–Kier alpha value is -2.28. The van der Waals surface area contributed by atoms with Gasteiger partial charge in [-0.25, -0.2) is 4.79 Å². The van der Waals surface area contributed by atoms with Crippen molar-refractivity contribution in [2.75, 3.05) is 19.8 Å². The summed E-state index contributed by atoms with van der Waals surface area (Å²) in [6.07, 6.45) is 0. The second-order valence-corrected chi connectivity index (χ2v) is 5.57. The number of fused-ring (bicyclic) bond motifs is 1. The molecule has 2 aliphatic rings. The third-order valence-electron chi connectivity index (χ3n) is 3.67. The highest BCUT2D eigenvalue weighted by Gasteiger charge is 2.34. The molecule has 2 heterocycles. The molecule has 7 heteroatoms. The highest BCUT2D eigenvalue weighted by molar-refractivity contribution is 7.80. The second-order valence-electron chi connectivity index (χ2n) is 5.16. The molecule has 0 spiro atoms. The minimum Gasteiger partial charge on any atom is -0.486 e. The van der Waals surface area contributed by atoms with Gasteiger partial charge in [0.25, 0.3) is 0 Å². The van der Waals surface area contributed by atoms with Gasteiger partial charge in [-0.15, -0.1) is 0 Å². The molecule has 1 aromatic rings. The zero-order valence-electron chi connectivity index (χ0n) is 13.0. The second kappa shape index (κ2) is 6.45. The maximum absolute atomic E-state index is 12.4. The van der Waals surface area contributed by atoms with Crippen LogP contribution in [0, 0.1) is 0 Å². The van der Waals surface area contributed by atoms with Crippen LogP contribution in [0.5, 0.6) is 11.5 Å². The largest absolute Gasteiger partial charge is 0.486 e. The van der Waals surface area contributed by atoms with Gasteiger partial charge in [-0.1, -0.05) is 12.1 Å². The number of thiocarbonyl (C=S) groups is 1. The maximum Gasteiger partial charge on any atom is 0.338 e. The Labute approximate surface area is 139 Å². The summed E-state index contributed by atoms with van der Waals surface area (Å²) in [6, 6.07) is 5.16. The van der Waals surface area contributed by atoms with E-state index in [4.69, 9.17) is 26.4 Å². The van der Waals surface area contributed by atoms with Crippen molar-refractivity contribution in [1.82, 2.24) is 10.6 Å².